The highest BCUT2D eigenvalue weighted by Crippen LogP contribution is 2.27. The summed E-state index contributed by atoms with van der Waals surface area (Å²) in [5, 5.41) is 19.9. The molecular formula is C8H7N3O5. The van der Waals surface area contributed by atoms with Gasteiger partial charge in [0.15, 0.2) is 24.0 Å². The number of pyridine rings is 1. The summed E-state index contributed by atoms with van der Waals surface area (Å²) in [6.07, 6.45) is -1.57. The molecule has 0 saturated heterocycles. The molecule has 2 amide bonds. The van der Waals surface area contributed by atoms with Crippen molar-refractivity contribution in [3.05, 3.63) is 12.1 Å². The summed E-state index contributed by atoms with van der Waals surface area (Å²) in [4.78, 5) is 25.1. The summed E-state index contributed by atoms with van der Waals surface area (Å²) in [5.74, 6) is -0.217. The SMILES string of the molecule is O=C1COc2ccc(N(O)C(=O)O)nc2N1. The normalized spacial score (nSPS) is 13.4. The van der Waals surface area contributed by atoms with Crippen LogP contribution >= 0.6 is 0 Å². The molecule has 1 aromatic heterocycles. The van der Waals surface area contributed by atoms with E-state index in [2.05, 4.69) is 10.3 Å². The van der Waals surface area contributed by atoms with Crippen LogP contribution in [0.15, 0.2) is 12.1 Å². The Morgan fingerprint density at radius 3 is 3.00 bits per heavy atom. The van der Waals surface area contributed by atoms with Crippen molar-refractivity contribution in [3.63, 3.8) is 0 Å². The highest BCUT2D eigenvalue weighted by molar-refractivity contribution is 5.94. The minimum absolute atomic E-state index is 0.0545. The van der Waals surface area contributed by atoms with Gasteiger partial charge >= 0.3 is 6.09 Å². The van der Waals surface area contributed by atoms with E-state index in [1.54, 1.807) is 0 Å². The van der Waals surface area contributed by atoms with E-state index in [1.807, 2.05) is 0 Å². The predicted octanol–water partition coefficient (Wildman–Crippen LogP) is 0.286. The highest BCUT2D eigenvalue weighted by atomic mass is 16.6. The number of hydroxylamine groups is 1. The molecule has 0 radical (unpaired) electrons. The lowest BCUT2D eigenvalue weighted by Gasteiger charge is -2.18. The summed E-state index contributed by atoms with van der Waals surface area (Å²) in [6, 6.07) is 2.66. The lowest BCUT2D eigenvalue weighted by Crippen LogP contribution is -2.29. The van der Waals surface area contributed by atoms with Crippen molar-refractivity contribution < 1.29 is 24.6 Å². The number of carboxylic acid groups (broad SMARTS) is 1. The number of carbonyl (C=O) groups is 2. The molecular weight excluding hydrogens is 218 g/mol. The lowest BCUT2D eigenvalue weighted by atomic mass is 10.3. The van der Waals surface area contributed by atoms with E-state index in [0.717, 1.165) is 0 Å². The fourth-order valence-corrected chi connectivity index (χ4v) is 1.17. The first-order valence-corrected chi connectivity index (χ1v) is 4.23. The smallest absolute Gasteiger partial charge is 0.437 e. The van der Waals surface area contributed by atoms with Crippen LogP contribution in [-0.2, 0) is 4.79 Å². The summed E-state index contributed by atoms with van der Waals surface area (Å²) in [6.45, 7) is -0.115. The van der Waals surface area contributed by atoms with Crippen LogP contribution in [-0.4, -0.2) is 33.9 Å². The monoisotopic (exact) mass is 225 g/mol. The lowest BCUT2D eigenvalue weighted by molar-refractivity contribution is -0.118. The third-order valence-electron chi connectivity index (χ3n) is 1.86. The van der Waals surface area contributed by atoms with Gasteiger partial charge in [0.05, 0.1) is 0 Å². The largest absolute Gasteiger partial charge is 0.480 e. The van der Waals surface area contributed by atoms with Crippen LogP contribution in [0.2, 0.25) is 0 Å². The molecule has 84 valence electrons. The number of amides is 2. The number of carbonyl (C=O) groups excluding carboxylic acids is 1. The molecule has 8 heteroatoms. The summed E-state index contributed by atoms with van der Waals surface area (Å²) < 4.78 is 5.01. The van der Waals surface area contributed by atoms with Crippen molar-refractivity contribution in [2.45, 2.75) is 0 Å². The van der Waals surface area contributed by atoms with Crippen LogP contribution in [0.25, 0.3) is 0 Å². The van der Waals surface area contributed by atoms with Crippen LogP contribution in [0.4, 0.5) is 16.4 Å². The molecule has 0 spiro atoms. The zero-order valence-corrected chi connectivity index (χ0v) is 7.88. The molecule has 8 nitrogen and oxygen atoms in total. The molecule has 2 heterocycles. The number of anilines is 2. The number of hydrogen-bond donors (Lipinski definition) is 3. The van der Waals surface area contributed by atoms with Crippen molar-refractivity contribution in [2.24, 2.45) is 0 Å². The van der Waals surface area contributed by atoms with E-state index in [9.17, 15) is 9.59 Å². The molecule has 0 saturated carbocycles. The van der Waals surface area contributed by atoms with Gasteiger partial charge in [0.1, 0.15) is 0 Å². The van der Waals surface area contributed by atoms with Crippen molar-refractivity contribution >= 4 is 23.6 Å². The molecule has 1 aromatic rings. The number of nitrogens with zero attached hydrogens (tertiary/aromatic N) is 2. The number of hydrogen-bond acceptors (Lipinski definition) is 5. The van der Waals surface area contributed by atoms with Crippen LogP contribution in [0, 0.1) is 0 Å². The van der Waals surface area contributed by atoms with Crippen molar-refractivity contribution in [2.75, 3.05) is 17.0 Å². The average molecular weight is 225 g/mol. The van der Waals surface area contributed by atoms with E-state index in [-0.39, 0.29) is 23.3 Å². The second-order valence-electron chi connectivity index (χ2n) is 2.95. The molecule has 0 bridgehead atoms. The maximum Gasteiger partial charge on any atom is 0.437 e. The minimum Gasteiger partial charge on any atom is -0.480 e. The summed E-state index contributed by atoms with van der Waals surface area (Å²) in [7, 11) is 0. The van der Waals surface area contributed by atoms with Crippen LogP contribution in [0.3, 0.4) is 0 Å². The van der Waals surface area contributed by atoms with E-state index in [4.69, 9.17) is 15.1 Å². The van der Waals surface area contributed by atoms with Gasteiger partial charge in [-0.2, -0.15) is 0 Å². The Morgan fingerprint density at radius 2 is 2.31 bits per heavy atom. The van der Waals surface area contributed by atoms with Crippen molar-refractivity contribution in [1.82, 2.24) is 4.98 Å². The van der Waals surface area contributed by atoms with Gasteiger partial charge in [-0.3, -0.25) is 10.0 Å². The Kier molecular flexibility index (Phi) is 2.33. The van der Waals surface area contributed by atoms with Gasteiger partial charge in [-0.05, 0) is 12.1 Å². The zero-order valence-electron chi connectivity index (χ0n) is 7.88. The number of aromatic nitrogens is 1. The number of rotatable bonds is 1. The predicted molar refractivity (Wildman–Crippen MR) is 50.7 cm³/mol. The Bertz CT molecular complexity index is 461. The second kappa shape index (κ2) is 3.66. The molecule has 3 N–H and O–H groups in total. The minimum atomic E-state index is -1.57. The maximum atomic E-state index is 11.0. The third-order valence-corrected chi connectivity index (χ3v) is 1.86. The van der Waals surface area contributed by atoms with E-state index in [0.29, 0.717) is 5.75 Å². The summed E-state index contributed by atoms with van der Waals surface area (Å²) in [5.41, 5.74) is 0. The fourth-order valence-electron chi connectivity index (χ4n) is 1.17. The quantitative estimate of drug-likeness (QED) is 0.467. The molecule has 16 heavy (non-hydrogen) atoms. The zero-order chi connectivity index (χ0) is 11.7. The molecule has 0 fully saturated rings. The van der Waals surface area contributed by atoms with Crippen molar-refractivity contribution in [1.29, 1.82) is 0 Å². The maximum absolute atomic E-state index is 11.0. The van der Waals surface area contributed by atoms with Gasteiger partial charge in [0, 0.05) is 0 Å². The second-order valence-corrected chi connectivity index (χ2v) is 2.95. The van der Waals surface area contributed by atoms with Crippen LogP contribution in [0.1, 0.15) is 0 Å². The Balaban J connectivity index is 2.34. The third kappa shape index (κ3) is 1.73. The van der Waals surface area contributed by atoms with Crippen LogP contribution < -0.4 is 15.1 Å². The average Bonchev–Trinajstić information content (AvgIpc) is 2.26. The molecule has 0 aliphatic carbocycles. The van der Waals surface area contributed by atoms with Crippen LogP contribution in [0.5, 0.6) is 5.75 Å². The topological polar surface area (TPSA) is 112 Å². The van der Waals surface area contributed by atoms with Gasteiger partial charge in [0.25, 0.3) is 5.91 Å². The van der Waals surface area contributed by atoms with Gasteiger partial charge in [-0.1, -0.05) is 0 Å². The summed E-state index contributed by atoms with van der Waals surface area (Å²) >= 11 is 0. The van der Waals surface area contributed by atoms with Gasteiger partial charge < -0.3 is 15.2 Å². The Morgan fingerprint density at radius 1 is 1.56 bits per heavy atom. The number of fused-ring (bicyclic) bond motifs is 1. The highest BCUT2D eigenvalue weighted by Gasteiger charge is 2.20. The van der Waals surface area contributed by atoms with E-state index < -0.39 is 12.0 Å². The molecule has 0 atom stereocenters. The number of nitrogens with one attached hydrogen (secondary N) is 1. The van der Waals surface area contributed by atoms with Crippen molar-refractivity contribution in [3.8, 4) is 5.75 Å². The van der Waals surface area contributed by atoms with E-state index in [1.165, 1.54) is 12.1 Å². The number of ether oxygens (including phenoxy) is 1. The van der Waals surface area contributed by atoms with Gasteiger partial charge in [0.2, 0.25) is 0 Å². The van der Waals surface area contributed by atoms with Gasteiger partial charge in [-0.15, -0.1) is 5.06 Å². The first-order valence-electron chi connectivity index (χ1n) is 4.23. The van der Waals surface area contributed by atoms with Gasteiger partial charge in [-0.25, -0.2) is 9.78 Å². The molecule has 1 aliphatic heterocycles. The molecule has 2 rings (SSSR count). The first kappa shape index (κ1) is 10.2. The standard InChI is InChI=1S/C8H7N3O5/c12-6-3-16-4-1-2-5(9-7(4)10-6)11(15)8(13)14/h1-2,15H,3H2,(H,13,14)(H,9,10,12). The first-order chi connectivity index (χ1) is 7.58. The molecule has 0 unspecified atom stereocenters. The Hall–Kier alpha value is -2.35. The molecule has 0 aromatic carbocycles. The Labute approximate surface area is 89.0 Å². The molecule has 1 aliphatic rings. The fraction of sp³-hybridized carbons (Fsp3) is 0.125. The van der Waals surface area contributed by atoms with E-state index >= 15 is 0 Å².